The van der Waals surface area contributed by atoms with Crippen molar-refractivity contribution >= 4 is 27.3 Å². The Balaban J connectivity index is 2.13. The van der Waals surface area contributed by atoms with Crippen molar-refractivity contribution in [3.05, 3.63) is 27.9 Å². The highest BCUT2D eigenvalue weighted by Gasteiger charge is 2.28. The van der Waals surface area contributed by atoms with E-state index in [0.717, 1.165) is 12.3 Å². The third kappa shape index (κ3) is 3.66. The number of pyridine rings is 1. The zero-order valence-corrected chi connectivity index (χ0v) is 11.7. The number of aromatic nitrogens is 1. The highest BCUT2D eigenvalue weighted by Crippen LogP contribution is 2.25. The topological polar surface area (TPSA) is 140 Å². The molecule has 1 aliphatic heterocycles. The zero-order chi connectivity index (χ0) is 15.6. The number of nitro groups is 1. The Bertz CT molecular complexity index is 687. The van der Waals surface area contributed by atoms with Gasteiger partial charge in [-0.1, -0.05) is 0 Å². The molecule has 2 heterocycles. The van der Waals surface area contributed by atoms with E-state index in [2.05, 4.69) is 10.3 Å². The second-order valence-electron chi connectivity index (χ2n) is 4.80. The Hall–Kier alpha value is -2.23. The normalized spacial score (nSPS) is 20.1. The molecule has 0 aromatic carbocycles. The number of hydrogen-bond acceptors (Lipinski definition) is 7. The average molecular weight is 315 g/mol. The van der Waals surface area contributed by atoms with Gasteiger partial charge in [-0.3, -0.25) is 10.1 Å². The molecule has 0 amide bonds. The first kappa shape index (κ1) is 15.2. The van der Waals surface area contributed by atoms with Crippen molar-refractivity contribution in [2.24, 2.45) is 5.92 Å². The number of carbonyl (C=O) groups is 1. The van der Waals surface area contributed by atoms with Crippen LogP contribution in [0.15, 0.2) is 12.3 Å². The van der Waals surface area contributed by atoms with Gasteiger partial charge < -0.3 is 10.4 Å². The quantitative estimate of drug-likeness (QED) is 0.592. The lowest BCUT2D eigenvalue weighted by atomic mass is 10.1. The minimum atomic E-state index is -3.02. The number of sulfone groups is 1. The molecule has 0 spiro atoms. The second kappa shape index (κ2) is 5.64. The summed E-state index contributed by atoms with van der Waals surface area (Å²) in [7, 11) is -3.02. The van der Waals surface area contributed by atoms with Crippen LogP contribution in [0.2, 0.25) is 0 Å². The van der Waals surface area contributed by atoms with E-state index >= 15 is 0 Å². The minimum Gasteiger partial charge on any atom is -0.478 e. The van der Waals surface area contributed by atoms with E-state index in [1.54, 1.807) is 0 Å². The maximum absolute atomic E-state index is 11.3. The van der Waals surface area contributed by atoms with E-state index in [1.165, 1.54) is 0 Å². The van der Waals surface area contributed by atoms with E-state index < -0.39 is 26.4 Å². The number of carboxylic acids is 1. The molecule has 114 valence electrons. The van der Waals surface area contributed by atoms with E-state index in [9.17, 15) is 23.3 Å². The van der Waals surface area contributed by atoms with E-state index in [1.807, 2.05) is 0 Å². The summed E-state index contributed by atoms with van der Waals surface area (Å²) in [6.07, 6.45) is 1.51. The van der Waals surface area contributed by atoms with Gasteiger partial charge in [-0.15, -0.1) is 0 Å². The molecule has 1 atom stereocenters. The van der Waals surface area contributed by atoms with Crippen LogP contribution in [-0.4, -0.2) is 47.5 Å². The lowest BCUT2D eigenvalue weighted by Crippen LogP contribution is -2.17. The number of anilines is 1. The maximum Gasteiger partial charge on any atom is 0.337 e. The number of rotatable bonds is 5. The van der Waals surface area contributed by atoms with Crippen LogP contribution in [0.1, 0.15) is 16.8 Å². The van der Waals surface area contributed by atoms with E-state index in [-0.39, 0.29) is 35.3 Å². The summed E-state index contributed by atoms with van der Waals surface area (Å²) in [6.45, 7) is 0.236. The van der Waals surface area contributed by atoms with Crippen LogP contribution >= 0.6 is 0 Å². The number of carboxylic acid groups (broad SMARTS) is 1. The molecular weight excluding hydrogens is 302 g/mol. The fourth-order valence-electron chi connectivity index (χ4n) is 2.12. The van der Waals surface area contributed by atoms with Gasteiger partial charge in [0.05, 0.1) is 22.0 Å². The van der Waals surface area contributed by atoms with Crippen LogP contribution in [0.25, 0.3) is 0 Å². The molecule has 0 saturated carbocycles. The van der Waals surface area contributed by atoms with Gasteiger partial charge in [0.2, 0.25) is 5.82 Å². The van der Waals surface area contributed by atoms with Crippen molar-refractivity contribution in [3.8, 4) is 0 Å². The summed E-state index contributed by atoms with van der Waals surface area (Å²) < 4.78 is 22.7. The van der Waals surface area contributed by atoms with Crippen molar-refractivity contribution in [1.29, 1.82) is 0 Å². The van der Waals surface area contributed by atoms with Crippen LogP contribution in [0.4, 0.5) is 11.5 Å². The van der Waals surface area contributed by atoms with Gasteiger partial charge in [0.25, 0.3) is 0 Å². The molecule has 0 aliphatic carbocycles. The van der Waals surface area contributed by atoms with Crippen molar-refractivity contribution < 1.29 is 23.2 Å². The van der Waals surface area contributed by atoms with Crippen LogP contribution in [0.3, 0.4) is 0 Å². The molecule has 1 fully saturated rings. The summed E-state index contributed by atoms with van der Waals surface area (Å²) in [5.74, 6) is -1.34. The van der Waals surface area contributed by atoms with Gasteiger partial charge in [0.15, 0.2) is 9.84 Å². The number of nitrogens with one attached hydrogen (secondary N) is 1. The molecule has 2 N–H and O–H groups in total. The van der Waals surface area contributed by atoms with E-state index in [0.29, 0.717) is 6.42 Å². The molecule has 0 radical (unpaired) electrons. The second-order valence-corrected chi connectivity index (χ2v) is 7.03. The lowest BCUT2D eigenvalue weighted by Gasteiger charge is -2.10. The van der Waals surface area contributed by atoms with Crippen LogP contribution in [0, 0.1) is 16.0 Å². The van der Waals surface area contributed by atoms with Crippen molar-refractivity contribution in [2.75, 3.05) is 23.4 Å². The van der Waals surface area contributed by atoms with Gasteiger partial charge in [0, 0.05) is 18.8 Å². The Morgan fingerprint density at radius 3 is 2.81 bits per heavy atom. The van der Waals surface area contributed by atoms with Crippen molar-refractivity contribution in [3.63, 3.8) is 0 Å². The molecule has 1 aromatic rings. The number of nitrogens with zero attached hydrogens (tertiary/aromatic N) is 2. The minimum absolute atomic E-state index is 0.0427. The Morgan fingerprint density at radius 2 is 2.29 bits per heavy atom. The van der Waals surface area contributed by atoms with Gasteiger partial charge in [-0.25, -0.2) is 18.2 Å². The largest absolute Gasteiger partial charge is 0.478 e. The molecule has 10 heteroatoms. The summed E-state index contributed by atoms with van der Waals surface area (Å²) in [5, 5.41) is 22.5. The van der Waals surface area contributed by atoms with E-state index in [4.69, 9.17) is 5.11 Å². The Morgan fingerprint density at radius 1 is 1.57 bits per heavy atom. The van der Waals surface area contributed by atoms with Gasteiger partial charge in [0.1, 0.15) is 0 Å². The van der Waals surface area contributed by atoms with Crippen LogP contribution in [0.5, 0.6) is 0 Å². The standard InChI is InChI=1S/C11H13N3O6S/c15-11(16)8-3-9(14(17)18)10(13-5-8)12-4-7-1-2-21(19,20)6-7/h3,5,7H,1-2,4,6H2,(H,12,13)(H,15,16). The molecule has 1 saturated heterocycles. The van der Waals surface area contributed by atoms with Crippen LogP contribution < -0.4 is 5.32 Å². The highest BCUT2D eigenvalue weighted by atomic mass is 32.2. The van der Waals surface area contributed by atoms with Crippen molar-refractivity contribution in [1.82, 2.24) is 4.98 Å². The third-order valence-electron chi connectivity index (χ3n) is 3.20. The average Bonchev–Trinajstić information content (AvgIpc) is 2.75. The molecule has 21 heavy (non-hydrogen) atoms. The monoisotopic (exact) mass is 315 g/mol. The molecule has 9 nitrogen and oxygen atoms in total. The molecule has 1 aromatic heterocycles. The first-order valence-electron chi connectivity index (χ1n) is 6.10. The fraction of sp³-hybridized carbons (Fsp3) is 0.455. The molecule has 0 bridgehead atoms. The summed E-state index contributed by atoms with van der Waals surface area (Å²) in [4.78, 5) is 24.7. The highest BCUT2D eigenvalue weighted by molar-refractivity contribution is 7.91. The summed E-state index contributed by atoms with van der Waals surface area (Å²) in [6, 6.07) is 0.920. The molecule has 1 aliphatic rings. The molecule has 2 rings (SSSR count). The third-order valence-corrected chi connectivity index (χ3v) is 5.03. The van der Waals surface area contributed by atoms with Gasteiger partial charge >= 0.3 is 11.7 Å². The summed E-state index contributed by atoms with van der Waals surface area (Å²) in [5.41, 5.74) is -0.730. The SMILES string of the molecule is O=C(O)c1cnc(NCC2CCS(=O)(=O)C2)c([N+](=O)[O-])c1. The molecule has 1 unspecified atom stereocenters. The Labute approximate surface area is 120 Å². The first-order chi connectivity index (χ1) is 9.78. The predicted octanol–water partition coefficient (Wildman–Crippen LogP) is 0.535. The maximum atomic E-state index is 11.3. The lowest BCUT2D eigenvalue weighted by molar-refractivity contribution is -0.384. The first-order valence-corrected chi connectivity index (χ1v) is 7.92. The van der Waals surface area contributed by atoms with Gasteiger partial charge in [-0.05, 0) is 12.3 Å². The predicted molar refractivity (Wildman–Crippen MR) is 73.1 cm³/mol. The van der Waals surface area contributed by atoms with Crippen molar-refractivity contribution in [2.45, 2.75) is 6.42 Å². The summed E-state index contributed by atoms with van der Waals surface area (Å²) >= 11 is 0. The van der Waals surface area contributed by atoms with Gasteiger partial charge in [-0.2, -0.15) is 0 Å². The van der Waals surface area contributed by atoms with Crippen LogP contribution in [-0.2, 0) is 9.84 Å². The zero-order valence-electron chi connectivity index (χ0n) is 10.9. The number of hydrogen-bond donors (Lipinski definition) is 2. The fourth-order valence-corrected chi connectivity index (χ4v) is 3.98. The number of aromatic carboxylic acids is 1. The smallest absolute Gasteiger partial charge is 0.337 e. The molecular formula is C11H13N3O6S. The Kier molecular flexibility index (Phi) is 4.07.